The van der Waals surface area contributed by atoms with E-state index in [-0.39, 0.29) is 5.91 Å². The van der Waals surface area contributed by atoms with Gasteiger partial charge in [0.05, 0.1) is 31.0 Å². The van der Waals surface area contributed by atoms with E-state index in [0.717, 1.165) is 21.3 Å². The van der Waals surface area contributed by atoms with Crippen molar-refractivity contribution in [3.8, 4) is 11.5 Å². The van der Waals surface area contributed by atoms with Crippen LogP contribution in [0.15, 0.2) is 73.1 Å². The van der Waals surface area contributed by atoms with Crippen molar-refractivity contribution in [3.05, 3.63) is 84.2 Å². The minimum atomic E-state index is -0.161. The Morgan fingerprint density at radius 2 is 1.84 bits per heavy atom. The Kier molecular flexibility index (Phi) is 6.24. The molecule has 0 radical (unpaired) electrons. The average molecular weight is 432 g/mol. The van der Waals surface area contributed by atoms with Crippen LogP contribution in [0.25, 0.3) is 16.3 Å². The van der Waals surface area contributed by atoms with Crippen LogP contribution in [0.3, 0.4) is 0 Å². The zero-order chi connectivity index (χ0) is 21.6. The number of hydrogen-bond acceptors (Lipinski definition) is 6. The van der Waals surface area contributed by atoms with Crippen molar-refractivity contribution in [2.24, 2.45) is 0 Å². The van der Waals surface area contributed by atoms with Gasteiger partial charge in [0, 0.05) is 30.6 Å². The summed E-state index contributed by atoms with van der Waals surface area (Å²) in [5.41, 5.74) is 2.61. The second kappa shape index (κ2) is 9.40. The summed E-state index contributed by atoms with van der Waals surface area (Å²) in [4.78, 5) is 23.7. The summed E-state index contributed by atoms with van der Waals surface area (Å²) in [7, 11) is 3.18. The molecular formula is C24H21N3O3S. The molecule has 0 unspecified atom stereocenters. The van der Waals surface area contributed by atoms with Crippen LogP contribution >= 0.6 is 11.3 Å². The number of hydrogen-bond donors (Lipinski definition) is 0. The highest BCUT2D eigenvalue weighted by Gasteiger charge is 2.20. The molecule has 0 bridgehead atoms. The number of methoxy groups -OCH3 is 2. The highest BCUT2D eigenvalue weighted by atomic mass is 32.1. The molecule has 0 aliphatic rings. The molecule has 156 valence electrons. The molecule has 0 atom stereocenters. The molecule has 0 aliphatic heterocycles. The van der Waals surface area contributed by atoms with Crippen LogP contribution in [0.4, 0.5) is 5.13 Å². The van der Waals surface area contributed by atoms with Gasteiger partial charge in [-0.1, -0.05) is 47.7 Å². The second-order valence-corrected chi connectivity index (χ2v) is 7.71. The number of rotatable bonds is 7. The number of benzene rings is 2. The summed E-state index contributed by atoms with van der Waals surface area (Å²) >= 11 is 1.43. The fourth-order valence-electron chi connectivity index (χ4n) is 3.09. The van der Waals surface area contributed by atoms with E-state index in [1.807, 2.05) is 54.6 Å². The molecule has 4 rings (SSSR count). The Labute approximate surface area is 184 Å². The summed E-state index contributed by atoms with van der Waals surface area (Å²) in [5.74, 6) is 1.06. The van der Waals surface area contributed by atoms with Crippen LogP contribution < -0.4 is 14.4 Å². The number of fused-ring (bicyclic) bond motifs is 1. The van der Waals surface area contributed by atoms with Gasteiger partial charge in [0.25, 0.3) is 5.91 Å². The number of carbonyl (C=O) groups is 1. The van der Waals surface area contributed by atoms with Gasteiger partial charge in [-0.25, -0.2) is 4.98 Å². The first-order valence-electron chi connectivity index (χ1n) is 9.64. The zero-order valence-electron chi connectivity index (χ0n) is 17.2. The molecule has 4 aromatic rings. The smallest absolute Gasteiger partial charge is 0.253 e. The molecule has 0 spiro atoms. The van der Waals surface area contributed by atoms with E-state index in [4.69, 9.17) is 14.5 Å². The average Bonchev–Trinajstić information content (AvgIpc) is 3.23. The van der Waals surface area contributed by atoms with Gasteiger partial charge in [0.2, 0.25) is 0 Å². The van der Waals surface area contributed by atoms with Crippen LogP contribution in [0.1, 0.15) is 11.1 Å². The van der Waals surface area contributed by atoms with Crippen molar-refractivity contribution in [3.63, 3.8) is 0 Å². The minimum Gasteiger partial charge on any atom is -0.493 e. The van der Waals surface area contributed by atoms with Gasteiger partial charge in [0.1, 0.15) is 0 Å². The van der Waals surface area contributed by atoms with Gasteiger partial charge < -0.3 is 9.47 Å². The molecule has 31 heavy (non-hydrogen) atoms. The molecule has 7 heteroatoms. The SMILES string of the molecule is COc1cc2nc(N(Cc3cccnc3)C(=O)/C=C/c3ccccc3)sc2cc1OC. The van der Waals surface area contributed by atoms with E-state index >= 15 is 0 Å². The van der Waals surface area contributed by atoms with Crippen molar-refractivity contribution in [1.82, 2.24) is 9.97 Å². The van der Waals surface area contributed by atoms with Crippen molar-refractivity contribution < 1.29 is 14.3 Å². The topological polar surface area (TPSA) is 64.5 Å². The Morgan fingerprint density at radius 3 is 2.55 bits per heavy atom. The maximum atomic E-state index is 13.2. The van der Waals surface area contributed by atoms with Gasteiger partial charge in [-0.15, -0.1) is 0 Å². The number of nitrogens with zero attached hydrogens (tertiary/aromatic N) is 3. The lowest BCUT2D eigenvalue weighted by atomic mass is 10.2. The maximum Gasteiger partial charge on any atom is 0.253 e. The zero-order valence-corrected chi connectivity index (χ0v) is 18.0. The van der Waals surface area contributed by atoms with Crippen molar-refractivity contribution >= 4 is 38.7 Å². The third-order valence-corrected chi connectivity index (χ3v) is 5.70. The second-order valence-electron chi connectivity index (χ2n) is 6.70. The quantitative estimate of drug-likeness (QED) is 0.387. The molecule has 0 saturated heterocycles. The van der Waals surface area contributed by atoms with Crippen molar-refractivity contribution in [1.29, 1.82) is 0 Å². The molecule has 2 aromatic heterocycles. The van der Waals surface area contributed by atoms with Crippen LogP contribution in [0, 0.1) is 0 Å². The van der Waals surface area contributed by atoms with E-state index in [1.165, 1.54) is 11.3 Å². The number of anilines is 1. The van der Waals surface area contributed by atoms with Gasteiger partial charge >= 0.3 is 0 Å². The highest BCUT2D eigenvalue weighted by molar-refractivity contribution is 7.22. The van der Waals surface area contributed by atoms with Gasteiger partial charge in [-0.3, -0.25) is 14.7 Å². The first kappa shape index (κ1) is 20.6. The van der Waals surface area contributed by atoms with Gasteiger partial charge in [0.15, 0.2) is 16.6 Å². The molecule has 1 amide bonds. The van der Waals surface area contributed by atoms with E-state index in [0.29, 0.717) is 23.2 Å². The summed E-state index contributed by atoms with van der Waals surface area (Å²) in [6.45, 7) is 0.361. The number of thiazole rings is 1. The Bertz CT molecular complexity index is 1170. The maximum absolute atomic E-state index is 13.2. The predicted octanol–water partition coefficient (Wildman–Crippen LogP) is 4.96. The van der Waals surface area contributed by atoms with Crippen molar-refractivity contribution in [2.75, 3.05) is 19.1 Å². The molecule has 0 N–H and O–H groups in total. The summed E-state index contributed by atoms with van der Waals surface area (Å²) in [6.07, 6.45) is 6.83. The van der Waals surface area contributed by atoms with Gasteiger partial charge in [-0.2, -0.15) is 0 Å². The molecular weight excluding hydrogens is 410 g/mol. The number of pyridine rings is 1. The standard InChI is InChI=1S/C24H21N3O3S/c1-29-20-13-19-22(14-21(20)30-2)31-24(26-19)27(16-18-9-6-12-25-15-18)23(28)11-10-17-7-4-3-5-8-17/h3-15H,16H2,1-2H3/b11-10+. The number of amides is 1. The van der Waals surface area contributed by atoms with E-state index in [1.54, 1.807) is 43.7 Å². The van der Waals surface area contributed by atoms with Crippen molar-refractivity contribution in [2.45, 2.75) is 6.54 Å². The van der Waals surface area contributed by atoms with E-state index < -0.39 is 0 Å². The molecule has 2 heterocycles. The molecule has 0 saturated carbocycles. The monoisotopic (exact) mass is 431 g/mol. The fraction of sp³-hybridized carbons (Fsp3) is 0.125. The third kappa shape index (κ3) is 4.73. The molecule has 2 aromatic carbocycles. The summed E-state index contributed by atoms with van der Waals surface area (Å²) < 4.78 is 11.7. The minimum absolute atomic E-state index is 0.161. The number of aromatic nitrogens is 2. The first-order valence-corrected chi connectivity index (χ1v) is 10.5. The lowest BCUT2D eigenvalue weighted by molar-refractivity contribution is -0.114. The highest BCUT2D eigenvalue weighted by Crippen LogP contribution is 2.37. The van der Waals surface area contributed by atoms with Crippen LogP contribution in [0.5, 0.6) is 11.5 Å². The Balaban J connectivity index is 1.71. The molecule has 0 fully saturated rings. The normalized spacial score (nSPS) is 11.0. The third-order valence-electron chi connectivity index (χ3n) is 4.66. The fourth-order valence-corrected chi connectivity index (χ4v) is 4.07. The van der Waals surface area contributed by atoms with E-state index in [2.05, 4.69) is 4.98 Å². The Hall–Kier alpha value is -3.71. The predicted molar refractivity (Wildman–Crippen MR) is 124 cm³/mol. The lowest BCUT2D eigenvalue weighted by Crippen LogP contribution is -2.28. The summed E-state index contributed by atoms with van der Waals surface area (Å²) in [6, 6.07) is 17.2. The van der Waals surface area contributed by atoms with Crippen LogP contribution in [-0.4, -0.2) is 30.1 Å². The van der Waals surface area contributed by atoms with Crippen LogP contribution in [0.2, 0.25) is 0 Å². The molecule has 6 nitrogen and oxygen atoms in total. The molecule has 0 aliphatic carbocycles. The lowest BCUT2D eigenvalue weighted by Gasteiger charge is -2.18. The van der Waals surface area contributed by atoms with Crippen LogP contribution in [-0.2, 0) is 11.3 Å². The van der Waals surface area contributed by atoms with E-state index in [9.17, 15) is 4.79 Å². The number of ether oxygens (including phenoxy) is 2. The Morgan fingerprint density at radius 1 is 1.06 bits per heavy atom. The first-order chi connectivity index (χ1) is 15.2. The summed E-state index contributed by atoms with van der Waals surface area (Å²) in [5, 5.41) is 0.594. The number of carbonyl (C=O) groups excluding carboxylic acids is 1. The largest absolute Gasteiger partial charge is 0.493 e. The van der Waals surface area contributed by atoms with Gasteiger partial charge in [-0.05, 0) is 23.3 Å².